The third-order valence-electron chi connectivity index (χ3n) is 13.3. The van der Waals surface area contributed by atoms with Gasteiger partial charge in [0.25, 0.3) is 0 Å². The molecule has 15 nitrogen and oxygen atoms in total. The second kappa shape index (κ2) is 17.4. The van der Waals surface area contributed by atoms with Gasteiger partial charge in [-0.15, -0.1) is 0 Å². The summed E-state index contributed by atoms with van der Waals surface area (Å²) in [6.45, 7) is 12.4. The van der Waals surface area contributed by atoms with E-state index in [2.05, 4.69) is 10.3 Å². The number of nitrogens with one attached hydrogen (secondary N) is 1. The number of aliphatic hydroxyl groups is 3. The fourth-order valence-corrected chi connectivity index (χ4v) is 10.4. The zero-order chi connectivity index (χ0) is 43.7. The maximum Gasteiger partial charge on any atom is 0.408 e. The van der Waals surface area contributed by atoms with Gasteiger partial charge < -0.3 is 54.0 Å². The van der Waals surface area contributed by atoms with E-state index in [1.807, 2.05) is 25.9 Å². The van der Waals surface area contributed by atoms with Crippen LogP contribution < -0.4 is 5.32 Å². The number of carbonyl (C=O) groups excluding carboxylic acids is 3. The van der Waals surface area contributed by atoms with E-state index in [-0.39, 0.29) is 62.7 Å². The number of ether oxygens (including phenoxy) is 6. The number of carbonyl (C=O) groups is 3. The quantitative estimate of drug-likeness (QED) is 0.160. The molecule has 17 heteroatoms. The van der Waals surface area contributed by atoms with Crippen molar-refractivity contribution in [3.05, 3.63) is 76.9 Å². The minimum absolute atomic E-state index is 0. The SMILES string of the molecule is CC1=C2[C@H]3O[C@@H](CN(C)C)O[C@H]3[C@]3(C)CC[C@H]4OC[C@@]4(O)[C@H]3[C@H](OC(=O)c3ccccc3)[C@](O)(C[C@@H]1OC(=O)[C@H](O)[C@@H](NC(=O)OC(C)(C)C)c1ncccc1F)C2(C)C.[Ac]. The number of benzene rings is 1. The molecule has 2 saturated heterocycles. The number of aliphatic hydroxyl groups excluding tert-OH is 1. The van der Waals surface area contributed by atoms with Gasteiger partial charge in [0.15, 0.2) is 12.4 Å². The van der Waals surface area contributed by atoms with Crippen LogP contribution in [0.2, 0.25) is 0 Å². The Morgan fingerprint density at radius 1 is 1.05 bits per heavy atom. The number of likely N-dealkylation sites (N-methyl/N-ethyl adjacent to an activating group) is 1. The van der Waals surface area contributed by atoms with Crippen molar-refractivity contribution in [2.75, 3.05) is 27.2 Å². The third-order valence-corrected chi connectivity index (χ3v) is 13.3. The van der Waals surface area contributed by atoms with Crippen molar-refractivity contribution in [3.63, 3.8) is 0 Å². The van der Waals surface area contributed by atoms with Crippen LogP contribution in [0.1, 0.15) is 89.8 Å². The first-order chi connectivity index (χ1) is 28.0. The largest absolute Gasteiger partial charge is 0.456 e. The summed E-state index contributed by atoms with van der Waals surface area (Å²) in [7, 11) is 3.76. The Morgan fingerprint density at radius 3 is 2.34 bits per heavy atom. The molecular formula is C44H58AcFN3O12. The molecule has 1 amide bonds. The molecule has 1 aromatic carbocycles. The normalized spacial score (nSPS) is 34.8. The smallest absolute Gasteiger partial charge is 0.408 e. The van der Waals surface area contributed by atoms with Gasteiger partial charge in [-0.1, -0.05) is 39.0 Å². The van der Waals surface area contributed by atoms with Crippen molar-refractivity contribution < 1.29 is 107 Å². The van der Waals surface area contributed by atoms with E-state index in [1.165, 1.54) is 12.3 Å². The molecule has 1 radical (unpaired) electrons. The number of amides is 1. The molecule has 3 heterocycles. The summed E-state index contributed by atoms with van der Waals surface area (Å²) >= 11 is 0. The number of nitrogens with zero attached hydrogens (tertiary/aromatic N) is 2. The molecule has 0 spiro atoms. The zero-order valence-electron chi connectivity index (χ0n) is 36.2. The summed E-state index contributed by atoms with van der Waals surface area (Å²) < 4.78 is 52.8. The second-order valence-corrected chi connectivity index (χ2v) is 19.0. The van der Waals surface area contributed by atoms with Crippen molar-refractivity contribution in [2.24, 2.45) is 16.7 Å². The summed E-state index contributed by atoms with van der Waals surface area (Å²) in [6, 6.07) is 8.94. The van der Waals surface area contributed by atoms with E-state index in [0.29, 0.717) is 30.5 Å². The minimum atomic E-state index is -2.22. The summed E-state index contributed by atoms with van der Waals surface area (Å²) in [5, 5.41) is 40.4. The molecule has 2 aromatic rings. The molecule has 4 fully saturated rings. The summed E-state index contributed by atoms with van der Waals surface area (Å²) in [5.74, 6) is -3.91. The number of hydrogen-bond donors (Lipinski definition) is 4. The molecule has 5 aliphatic rings. The van der Waals surface area contributed by atoms with Crippen molar-refractivity contribution in [1.82, 2.24) is 15.2 Å². The molecule has 2 saturated carbocycles. The van der Waals surface area contributed by atoms with E-state index in [4.69, 9.17) is 28.4 Å². The predicted molar refractivity (Wildman–Crippen MR) is 211 cm³/mol. The Balaban J connectivity index is 0.00000622. The topological polar surface area (TPSA) is 195 Å². The van der Waals surface area contributed by atoms with Gasteiger partial charge >= 0.3 is 18.0 Å². The van der Waals surface area contributed by atoms with Crippen LogP contribution >= 0.6 is 0 Å². The third kappa shape index (κ3) is 8.57. The zero-order valence-corrected chi connectivity index (χ0v) is 41.0. The van der Waals surface area contributed by atoms with Gasteiger partial charge in [-0.25, -0.2) is 18.8 Å². The van der Waals surface area contributed by atoms with Crippen molar-refractivity contribution in [2.45, 2.75) is 133 Å². The molecule has 3 aliphatic carbocycles. The van der Waals surface area contributed by atoms with Crippen LogP contribution in [-0.2, 0) is 33.2 Å². The monoisotopic (exact) mass is 1070 g/mol. The average molecular weight is 1070 g/mol. The average Bonchev–Trinajstić information content (AvgIpc) is 3.56. The second-order valence-electron chi connectivity index (χ2n) is 19.0. The van der Waals surface area contributed by atoms with Gasteiger partial charge in [-0.05, 0) is 90.0 Å². The van der Waals surface area contributed by atoms with E-state index in [0.717, 1.165) is 6.07 Å². The fraction of sp³-hybridized carbons (Fsp3) is 0.636. The molecule has 2 aliphatic heterocycles. The van der Waals surface area contributed by atoms with E-state index in [9.17, 15) is 29.7 Å². The first kappa shape index (κ1) is 47.9. The number of aromatic nitrogens is 1. The number of halogens is 1. The minimum Gasteiger partial charge on any atom is -0.456 e. The number of hydrogen-bond acceptors (Lipinski definition) is 14. The Morgan fingerprint density at radius 2 is 1.74 bits per heavy atom. The van der Waals surface area contributed by atoms with Crippen molar-refractivity contribution >= 4 is 18.0 Å². The van der Waals surface area contributed by atoms with Crippen LogP contribution in [0.3, 0.4) is 0 Å². The number of pyridine rings is 1. The maximum atomic E-state index is 15.3. The molecule has 12 atom stereocenters. The van der Waals surface area contributed by atoms with Crippen molar-refractivity contribution in [1.29, 1.82) is 0 Å². The van der Waals surface area contributed by atoms with Crippen LogP contribution in [-0.4, -0.2) is 130 Å². The number of esters is 2. The molecule has 2 bridgehead atoms. The summed E-state index contributed by atoms with van der Waals surface area (Å²) in [4.78, 5) is 47.4. The first-order valence-corrected chi connectivity index (χ1v) is 20.5. The standard InChI is InChI=1S/C44H58FN3O12.Ac/c1-23-26(56-38(51)32(49)31(30-25(45)16-13-19-46-30)47-39(52)60-40(2,3)4)20-44(54)36(59-37(50)24-14-11-10-12-15-24)34-42(7,18-17-27-43(34,53)22-55-27)35-33(29(23)41(44,5)6)57-28(58-35)21-48(8)9;/h10-16,19,26-28,31-36,49,53-54H,17-18,20-22H2,1-9H3,(H,47,52);/t26-,27+,28+,31-,32+,33+,34-,35+,36-,42+,43-,44+;/m0./s1. The molecule has 1 aromatic heterocycles. The van der Waals surface area contributed by atoms with Crippen LogP contribution in [0, 0.1) is 66.6 Å². The summed E-state index contributed by atoms with van der Waals surface area (Å²) in [6.07, 6.45) is -7.17. The van der Waals surface area contributed by atoms with Gasteiger partial charge in [0.1, 0.15) is 52.7 Å². The molecule has 61 heavy (non-hydrogen) atoms. The maximum absolute atomic E-state index is 15.3. The first-order valence-electron chi connectivity index (χ1n) is 20.5. The molecule has 0 unspecified atom stereocenters. The molecule has 331 valence electrons. The Bertz CT molecular complexity index is 2020. The number of alkyl carbamates (subject to hydrolysis) is 1. The van der Waals surface area contributed by atoms with E-state index in [1.54, 1.807) is 71.9 Å². The number of fused-ring (bicyclic) bond motifs is 8. The number of rotatable bonds is 9. The van der Waals surface area contributed by atoms with Gasteiger partial charge in [0, 0.05) is 80.0 Å². The fourth-order valence-electron chi connectivity index (χ4n) is 10.4. The van der Waals surface area contributed by atoms with Crippen molar-refractivity contribution in [3.8, 4) is 0 Å². The van der Waals surface area contributed by atoms with Gasteiger partial charge in [0.2, 0.25) is 0 Å². The summed E-state index contributed by atoms with van der Waals surface area (Å²) in [5.41, 5.74) is -6.10. The van der Waals surface area contributed by atoms with Crippen LogP contribution in [0.15, 0.2) is 59.8 Å². The predicted octanol–water partition coefficient (Wildman–Crippen LogP) is 3.99. The van der Waals surface area contributed by atoms with Gasteiger partial charge in [-0.2, -0.15) is 0 Å². The Kier molecular flexibility index (Phi) is 13.7. The van der Waals surface area contributed by atoms with Crippen LogP contribution in [0.5, 0.6) is 0 Å². The van der Waals surface area contributed by atoms with Crippen LogP contribution in [0.25, 0.3) is 0 Å². The Labute approximate surface area is 391 Å². The van der Waals surface area contributed by atoms with Gasteiger partial charge in [0.05, 0.1) is 24.4 Å². The Hall–Kier alpha value is -2.59. The molecule has 4 N–H and O–H groups in total. The van der Waals surface area contributed by atoms with Gasteiger partial charge in [-0.3, -0.25) is 4.98 Å². The molecule has 7 rings (SSSR count). The van der Waals surface area contributed by atoms with E-state index >= 15 is 4.39 Å². The molecular weight excluding hydrogens is 1010 g/mol. The van der Waals surface area contributed by atoms with Crippen LogP contribution in [0.4, 0.5) is 9.18 Å². The van der Waals surface area contributed by atoms with E-state index < -0.39 is 112 Å².